The zero-order valence-electron chi connectivity index (χ0n) is 6.47. The number of halogens is 1. The maximum atomic E-state index is 10.6. The maximum Gasteiger partial charge on any atom is 0.407 e. The number of hydrogen-bond acceptors (Lipinski definition) is 2. The second-order valence-electron chi connectivity index (χ2n) is 2.65. The number of alkyl carbamates (subject to hydrolysis) is 1. The second-order valence-corrected chi connectivity index (χ2v) is 3.21. The van der Waals surface area contributed by atoms with E-state index in [1.165, 1.54) is 0 Å². The summed E-state index contributed by atoms with van der Waals surface area (Å²) in [5.41, 5.74) is 0. The average molecular weight is 178 g/mol. The van der Waals surface area contributed by atoms with Gasteiger partial charge in [-0.25, -0.2) is 4.79 Å². The lowest BCUT2D eigenvalue weighted by molar-refractivity contribution is 0.176. The Bertz CT molecular complexity index is 151. The minimum absolute atomic E-state index is 0.00381. The van der Waals surface area contributed by atoms with E-state index in [1.54, 1.807) is 0 Å². The van der Waals surface area contributed by atoms with Crippen LogP contribution in [0.4, 0.5) is 4.79 Å². The highest BCUT2D eigenvalue weighted by molar-refractivity contribution is 6.21. The Morgan fingerprint density at radius 1 is 1.91 bits per heavy atom. The van der Waals surface area contributed by atoms with Gasteiger partial charge < -0.3 is 10.1 Å². The quantitative estimate of drug-likeness (QED) is 0.664. The summed E-state index contributed by atoms with van der Waals surface area (Å²) in [7, 11) is 0. The Labute approximate surface area is 71.1 Å². The van der Waals surface area contributed by atoms with Crippen LogP contribution in [0.2, 0.25) is 0 Å². The molecule has 1 aliphatic heterocycles. The Morgan fingerprint density at radius 3 is 3.09 bits per heavy atom. The molecule has 0 aromatic heterocycles. The van der Waals surface area contributed by atoms with Crippen LogP contribution in [0.3, 0.4) is 0 Å². The molecule has 1 N–H and O–H groups in total. The van der Waals surface area contributed by atoms with Crippen LogP contribution in [0.15, 0.2) is 0 Å². The minimum atomic E-state index is -0.350. The molecule has 3 nitrogen and oxygen atoms in total. The van der Waals surface area contributed by atoms with Crippen molar-refractivity contribution in [3.8, 4) is 0 Å². The van der Waals surface area contributed by atoms with Crippen LogP contribution in [0.25, 0.3) is 0 Å². The molecule has 0 radical (unpaired) electrons. The Hall–Kier alpha value is -0.440. The number of carbonyl (C=O) groups excluding carboxylic acids is 1. The van der Waals surface area contributed by atoms with Gasteiger partial charge in [-0.2, -0.15) is 0 Å². The zero-order chi connectivity index (χ0) is 8.27. The Morgan fingerprint density at radius 2 is 2.64 bits per heavy atom. The highest BCUT2D eigenvalue weighted by Crippen LogP contribution is 2.13. The highest BCUT2D eigenvalue weighted by atomic mass is 35.5. The number of ether oxygens (including phenoxy) is 1. The first kappa shape index (κ1) is 8.65. The van der Waals surface area contributed by atoms with Gasteiger partial charge in [0.2, 0.25) is 0 Å². The van der Waals surface area contributed by atoms with Crippen LogP contribution >= 0.6 is 11.6 Å². The third kappa shape index (κ3) is 2.26. The highest BCUT2D eigenvalue weighted by Gasteiger charge is 2.27. The third-order valence-electron chi connectivity index (χ3n) is 1.70. The molecule has 1 rings (SSSR count). The summed E-state index contributed by atoms with van der Waals surface area (Å²) in [6.07, 6.45) is 1.59. The molecule has 1 fully saturated rings. The third-order valence-corrected chi connectivity index (χ3v) is 2.22. The Balaban J connectivity index is 2.30. The summed E-state index contributed by atoms with van der Waals surface area (Å²) in [6, 6.07) is 0.00381. The fraction of sp³-hybridized carbons (Fsp3) is 0.857. The van der Waals surface area contributed by atoms with Gasteiger partial charge >= 0.3 is 6.09 Å². The van der Waals surface area contributed by atoms with Crippen LogP contribution in [0.1, 0.15) is 19.8 Å². The van der Waals surface area contributed by atoms with Gasteiger partial charge in [-0.15, -0.1) is 11.6 Å². The van der Waals surface area contributed by atoms with Gasteiger partial charge in [-0.05, 0) is 6.42 Å². The normalized spacial score (nSPS) is 26.0. The molecule has 1 heterocycles. The lowest BCUT2D eigenvalue weighted by Gasteiger charge is -2.12. The average Bonchev–Trinajstić information content (AvgIpc) is 2.36. The molecule has 64 valence electrons. The van der Waals surface area contributed by atoms with Crippen LogP contribution < -0.4 is 5.32 Å². The van der Waals surface area contributed by atoms with Gasteiger partial charge in [-0.3, -0.25) is 0 Å². The van der Waals surface area contributed by atoms with E-state index in [2.05, 4.69) is 12.2 Å². The lowest BCUT2D eigenvalue weighted by Crippen LogP contribution is -2.34. The summed E-state index contributed by atoms with van der Waals surface area (Å²) in [4.78, 5) is 10.6. The van der Waals surface area contributed by atoms with E-state index in [0.29, 0.717) is 6.61 Å². The van der Waals surface area contributed by atoms with Crippen molar-refractivity contribution in [1.29, 1.82) is 0 Å². The van der Waals surface area contributed by atoms with E-state index in [0.717, 1.165) is 12.8 Å². The number of cyclic esters (lactones) is 1. The molecule has 2 atom stereocenters. The molecule has 4 heteroatoms. The van der Waals surface area contributed by atoms with Gasteiger partial charge in [0.15, 0.2) is 0 Å². The predicted molar refractivity (Wildman–Crippen MR) is 42.8 cm³/mol. The van der Waals surface area contributed by atoms with Crippen molar-refractivity contribution < 1.29 is 9.53 Å². The van der Waals surface area contributed by atoms with E-state index in [4.69, 9.17) is 16.3 Å². The summed E-state index contributed by atoms with van der Waals surface area (Å²) >= 11 is 5.96. The molecule has 0 bridgehead atoms. The molecule has 11 heavy (non-hydrogen) atoms. The minimum Gasteiger partial charge on any atom is -0.447 e. The van der Waals surface area contributed by atoms with Crippen molar-refractivity contribution in [2.24, 2.45) is 0 Å². The zero-order valence-corrected chi connectivity index (χ0v) is 7.23. The molecule has 0 saturated carbocycles. The van der Waals surface area contributed by atoms with Gasteiger partial charge in [0.1, 0.15) is 6.61 Å². The fourth-order valence-electron chi connectivity index (χ4n) is 1.07. The second kappa shape index (κ2) is 3.81. The summed E-state index contributed by atoms with van der Waals surface area (Å²) in [5, 5.41) is 2.65. The molecule has 0 aromatic carbocycles. The van der Waals surface area contributed by atoms with Crippen LogP contribution in [0.5, 0.6) is 0 Å². The smallest absolute Gasteiger partial charge is 0.407 e. The molecule has 1 amide bonds. The van der Waals surface area contributed by atoms with Crippen molar-refractivity contribution >= 4 is 17.7 Å². The van der Waals surface area contributed by atoms with Gasteiger partial charge in [0.05, 0.1) is 11.4 Å². The molecule has 1 unspecified atom stereocenters. The molecule has 1 saturated heterocycles. The van der Waals surface area contributed by atoms with Crippen molar-refractivity contribution in [2.45, 2.75) is 31.2 Å². The molecule has 1 aliphatic rings. The Kier molecular flexibility index (Phi) is 3.00. The van der Waals surface area contributed by atoms with Crippen molar-refractivity contribution in [2.75, 3.05) is 6.61 Å². The predicted octanol–water partition coefficient (Wildman–Crippen LogP) is 1.50. The summed E-state index contributed by atoms with van der Waals surface area (Å²) < 4.78 is 4.70. The largest absolute Gasteiger partial charge is 0.447 e. The van der Waals surface area contributed by atoms with E-state index in [-0.39, 0.29) is 17.5 Å². The first-order chi connectivity index (χ1) is 5.24. The molecule has 0 spiro atoms. The number of hydrogen-bond donors (Lipinski definition) is 1. The fourth-order valence-corrected chi connectivity index (χ4v) is 1.43. The van der Waals surface area contributed by atoms with Gasteiger partial charge in [0, 0.05) is 0 Å². The summed E-state index contributed by atoms with van der Waals surface area (Å²) in [5.74, 6) is 0. The van der Waals surface area contributed by atoms with Crippen molar-refractivity contribution in [3.63, 3.8) is 0 Å². The molecule has 0 aromatic rings. The molecular weight excluding hydrogens is 166 g/mol. The maximum absolute atomic E-state index is 10.6. The monoisotopic (exact) mass is 177 g/mol. The first-order valence-corrected chi connectivity index (χ1v) is 4.25. The number of rotatable bonds is 3. The van der Waals surface area contributed by atoms with E-state index in [9.17, 15) is 4.79 Å². The number of alkyl halides is 1. The van der Waals surface area contributed by atoms with E-state index in [1.807, 2.05) is 0 Å². The number of nitrogens with one attached hydrogen (secondary N) is 1. The molecule has 0 aliphatic carbocycles. The SMILES string of the molecule is CCCC(Cl)[C@@H]1COC(=O)N1. The van der Waals surface area contributed by atoms with Gasteiger partial charge in [-0.1, -0.05) is 13.3 Å². The van der Waals surface area contributed by atoms with Crippen molar-refractivity contribution in [3.05, 3.63) is 0 Å². The first-order valence-electron chi connectivity index (χ1n) is 3.81. The topological polar surface area (TPSA) is 38.3 Å². The standard InChI is InChI=1S/C7H12ClNO2/c1-2-3-5(8)6-4-11-7(10)9-6/h5-6H,2-4H2,1H3,(H,9,10)/t5?,6-/m0/s1. The van der Waals surface area contributed by atoms with Crippen LogP contribution in [-0.2, 0) is 4.74 Å². The van der Waals surface area contributed by atoms with E-state index < -0.39 is 0 Å². The molecular formula is C7H12ClNO2. The number of amides is 1. The summed E-state index contributed by atoms with van der Waals surface area (Å²) in [6.45, 7) is 2.47. The number of carbonyl (C=O) groups is 1. The van der Waals surface area contributed by atoms with Crippen LogP contribution in [-0.4, -0.2) is 24.1 Å². The van der Waals surface area contributed by atoms with E-state index >= 15 is 0 Å². The van der Waals surface area contributed by atoms with Gasteiger partial charge in [0.25, 0.3) is 0 Å². The lowest BCUT2D eigenvalue weighted by atomic mass is 10.1. The van der Waals surface area contributed by atoms with Crippen molar-refractivity contribution in [1.82, 2.24) is 5.32 Å². The van der Waals surface area contributed by atoms with Crippen LogP contribution in [0, 0.1) is 0 Å².